The summed E-state index contributed by atoms with van der Waals surface area (Å²) in [6.45, 7) is 0. The van der Waals surface area contributed by atoms with Crippen LogP contribution in [0.15, 0.2) is 47.1 Å². The molecule has 0 saturated heterocycles. The number of benzene rings is 1. The zero-order chi connectivity index (χ0) is 16.8. The summed E-state index contributed by atoms with van der Waals surface area (Å²) >= 11 is 0. The molecule has 3 heterocycles. The number of nitrogens with zero attached hydrogens (tertiary/aromatic N) is 2. The Morgan fingerprint density at radius 2 is 2.17 bits per heavy atom. The first-order valence-corrected chi connectivity index (χ1v) is 7.38. The molecule has 1 N–H and O–H groups in total. The van der Waals surface area contributed by atoms with Crippen LogP contribution in [0.1, 0.15) is 23.1 Å². The summed E-state index contributed by atoms with van der Waals surface area (Å²) < 4.78 is 7.12. The van der Waals surface area contributed by atoms with Crippen molar-refractivity contribution in [2.24, 2.45) is 0 Å². The number of carbonyl (C=O) groups excluding carboxylic acids is 1. The number of aliphatic carboxylic acids is 1. The third-order valence-corrected chi connectivity index (χ3v) is 4.19. The van der Waals surface area contributed by atoms with Crippen LogP contribution in [0.3, 0.4) is 0 Å². The standard InChI is InChI=1S/C17H14N2O5/c1-23-19-15(9-16(20)21)18-12-8-11(14-3-2-6-24-14)5-4-10(12)7-13(18)17(19)22/h2-8,15H,9H2,1H3,(H,20,21). The van der Waals surface area contributed by atoms with E-state index in [1.807, 2.05) is 24.3 Å². The van der Waals surface area contributed by atoms with Gasteiger partial charge in [-0.05, 0) is 24.3 Å². The molecule has 1 unspecified atom stereocenters. The topological polar surface area (TPSA) is 84.9 Å². The van der Waals surface area contributed by atoms with E-state index in [2.05, 4.69) is 0 Å². The van der Waals surface area contributed by atoms with Crippen molar-refractivity contribution in [3.8, 4) is 11.3 Å². The lowest BCUT2D eigenvalue weighted by Gasteiger charge is -2.22. The van der Waals surface area contributed by atoms with Gasteiger partial charge in [0, 0.05) is 10.9 Å². The summed E-state index contributed by atoms with van der Waals surface area (Å²) in [5.41, 5.74) is 2.03. The summed E-state index contributed by atoms with van der Waals surface area (Å²) in [7, 11) is 1.36. The highest BCUT2D eigenvalue weighted by atomic mass is 16.7. The van der Waals surface area contributed by atoms with Crippen LogP contribution >= 0.6 is 0 Å². The number of furan rings is 1. The fraction of sp³-hybridized carbons (Fsp3) is 0.176. The minimum atomic E-state index is -1.01. The van der Waals surface area contributed by atoms with E-state index >= 15 is 0 Å². The van der Waals surface area contributed by atoms with Crippen LogP contribution in [0, 0.1) is 0 Å². The zero-order valence-electron chi connectivity index (χ0n) is 12.8. The second-order valence-electron chi connectivity index (χ2n) is 5.54. The minimum absolute atomic E-state index is 0.249. The monoisotopic (exact) mass is 326 g/mol. The van der Waals surface area contributed by atoms with Crippen molar-refractivity contribution in [3.05, 3.63) is 48.4 Å². The lowest BCUT2D eigenvalue weighted by molar-refractivity contribution is -0.153. The van der Waals surface area contributed by atoms with E-state index < -0.39 is 12.1 Å². The Balaban J connectivity index is 1.91. The number of fused-ring (bicyclic) bond motifs is 3. The molecule has 0 saturated carbocycles. The average molecular weight is 326 g/mol. The predicted molar refractivity (Wildman–Crippen MR) is 84.1 cm³/mol. The SMILES string of the molecule is CON1C(=O)c2cc3ccc(-c4ccco4)cc3n2C1CC(=O)O. The van der Waals surface area contributed by atoms with Crippen LogP contribution in [-0.4, -0.2) is 33.7 Å². The van der Waals surface area contributed by atoms with Gasteiger partial charge in [0.25, 0.3) is 5.91 Å². The lowest BCUT2D eigenvalue weighted by atomic mass is 10.1. The van der Waals surface area contributed by atoms with E-state index in [0.717, 1.165) is 21.5 Å². The molecule has 1 aliphatic heterocycles. The Kier molecular flexibility index (Phi) is 3.17. The van der Waals surface area contributed by atoms with Crippen LogP contribution < -0.4 is 0 Å². The first-order valence-electron chi connectivity index (χ1n) is 7.38. The number of hydrogen-bond donors (Lipinski definition) is 1. The summed E-state index contributed by atoms with van der Waals surface area (Å²) in [6.07, 6.45) is 0.617. The van der Waals surface area contributed by atoms with Gasteiger partial charge in [0.2, 0.25) is 0 Å². The molecule has 1 amide bonds. The molecule has 7 heteroatoms. The number of rotatable bonds is 4. The summed E-state index contributed by atoms with van der Waals surface area (Å²) in [5.74, 6) is -0.651. The van der Waals surface area contributed by atoms with E-state index in [-0.39, 0.29) is 12.3 Å². The average Bonchev–Trinajstić information content (AvgIpc) is 3.25. The highest BCUT2D eigenvalue weighted by molar-refractivity contribution is 6.01. The normalized spacial score (nSPS) is 16.8. The second kappa shape index (κ2) is 5.24. The largest absolute Gasteiger partial charge is 0.481 e. The number of carboxylic acid groups (broad SMARTS) is 1. The molecule has 2 aromatic heterocycles. The van der Waals surface area contributed by atoms with Gasteiger partial charge in [0.05, 0.1) is 25.3 Å². The van der Waals surface area contributed by atoms with Gasteiger partial charge in [-0.25, -0.2) is 0 Å². The molecule has 0 aliphatic carbocycles. The smallest absolute Gasteiger partial charge is 0.307 e. The summed E-state index contributed by atoms with van der Waals surface area (Å²) in [5, 5.41) is 11.2. The molecule has 7 nitrogen and oxygen atoms in total. The molecule has 1 aromatic carbocycles. The number of hydrogen-bond acceptors (Lipinski definition) is 4. The Morgan fingerprint density at radius 3 is 2.83 bits per heavy atom. The number of aromatic nitrogens is 1. The van der Waals surface area contributed by atoms with Crippen LogP contribution in [-0.2, 0) is 9.63 Å². The molecular formula is C17H14N2O5. The summed E-state index contributed by atoms with van der Waals surface area (Å²) in [6, 6.07) is 11.1. The highest BCUT2D eigenvalue weighted by Crippen LogP contribution is 2.37. The van der Waals surface area contributed by atoms with E-state index in [0.29, 0.717) is 11.5 Å². The van der Waals surface area contributed by atoms with Crippen molar-refractivity contribution < 1.29 is 24.0 Å². The van der Waals surface area contributed by atoms with Gasteiger partial charge in [-0.2, -0.15) is 5.06 Å². The maximum atomic E-state index is 12.5. The van der Waals surface area contributed by atoms with E-state index in [9.17, 15) is 14.7 Å². The predicted octanol–water partition coefficient (Wildman–Crippen LogP) is 2.89. The third-order valence-electron chi connectivity index (χ3n) is 4.19. The van der Waals surface area contributed by atoms with Gasteiger partial charge < -0.3 is 14.1 Å². The maximum Gasteiger partial charge on any atom is 0.307 e. The van der Waals surface area contributed by atoms with Gasteiger partial charge in [-0.3, -0.25) is 14.4 Å². The Morgan fingerprint density at radius 1 is 1.33 bits per heavy atom. The fourth-order valence-corrected chi connectivity index (χ4v) is 3.19. The molecule has 0 fully saturated rings. The van der Waals surface area contributed by atoms with Crippen molar-refractivity contribution >= 4 is 22.8 Å². The molecule has 1 aliphatic rings. The van der Waals surface area contributed by atoms with Crippen LogP contribution in [0.25, 0.3) is 22.2 Å². The van der Waals surface area contributed by atoms with Crippen LogP contribution in [0.5, 0.6) is 0 Å². The van der Waals surface area contributed by atoms with Gasteiger partial charge in [-0.1, -0.05) is 12.1 Å². The Labute approximate surface area is 136 Å². The van der Waals surface area contributed by atoms with Crippen LogP contribution in [0.2, 0.25) is 0 Å². The molecule has 1 atom stereocenters. The second-order valence-corrected chi connectivity index (χ2v) is 5.54. The minimum Gasteiger partial charge on any atom is -0.481 e. The number of hydroxylamine groups is 2. The fourth-order valence-electron chi connectivity index (χ4n) is 3.19. The maximum absolute atomic E-state index is 12.5. The molecule has 0 spiro atoms. The van der Waals surface area contributed by atoms with E-state index in [4.69, 9.17) is 9.25 Å². The molecule has 0 bridgehead atoms. The van der Waals surface area contributed by atoms with Gasteiger partial charge in [0.1, 0.15) is 17.6 Å². The van der Waals surface area contributed by atoms with Gasteiger partial charge in [-0.15, -0.1) is 0 Å². The molecule has 3 aromatic rings. The number of amides is 1. The quantitative estimate of drug-likeness (QED) is 0.797. The summed E-state index contributed by atoms with van der Waals surface area (Å²) in [4.78, 5) is 28.8. The number of carboxylic acids is 1. The Hall–Kier alpha value is -3.06. The van der Waals surface area contributed by atoms with Gasteiger partial charge >= 0.3 is 5.97 Å². The van der Waals surface area contributed by atoms with Gasteiger partial charge in [0.15, 0.2) is 0 Å². The first kappa shape index (κ1) is 14.5. The Bertz CT molecular complexity index is 941. The number of carbonyl (C=O) groups is 2. The van der Waals surface area contributed by atoms with Crippen molar-refractivity contribution in [1.82, 2.24) is 9.63 Å². The highest BCUT2D eigenvalue weighted by Gasteiger charge is 2.39. The molecule has 0 radical (unpaired) electrons. The molecular weight excluding hydrogens is 312 g/mol. The van der Waals surface area contributed by atoms with Crippen molar-refractivity contribution in [2.75, 3.05) is 7.11 Å². The molecule has 4 rings (SSSR count). The third kappa shape index (κ3) is 2.02. The lowest BCUT2D eigenvalue weighted by Crippen LogP contribution is -2.30. The van der Waals surface area contributed by atoms with Crippen molar-refractivity contribution in [3.63, 3.8) is 0 Å². The van der Waals surface area contributed by atoms with E-state index in [1.54, 1.807) is 23.0 Å². The van der Waals surface area contributed by atoms with Crippen molar-refractivity contribution in [1.29, 1.82) is 0 Å². The van der Waals surface area contributed by atoms with E-state index in [1.165, 1.54) is 7.11 Å². The first-order chi connectivity index (χ1) is 11.6. The van der Waals surface area contributed by atoms with Crippen LogP contribution in [0.4, 0.5) is 0 Å². The zero-order valence-corrected chi connectivity index (χ0v) is 12.8. The molecule has 24 heavy (non-hydrogen) atoms. The van der Waals surface area contributed by atoms with Crippen molar-refractivity contribution in [2.45, 2.75) is 12.6 Å². The molecule has 122 valence electrons.